The summed E-state index contributed by atoms with van der Waals surface area (Å²) in [5.74, 6) is 0.663. The Bertz CT molecular complexity index is 346. The van der Waals surface area contributed by atoms with E-state index in [1.807, 2.05) is 0 Å². The summed E-state index contributed by atoms with van der Waals surface area (Å²) in [4.78, 5) is 0. The number of furan rings is 1. The maximum absolute atomic E-state index is 11.0. The van der Waals surface area contributed by atoms with Gasteiger partial charge in [0.1, 0.15) is 5.76 Å². The molecule has 0 N–H and O–H groups in total. The van der Waals surface area contributed by atoms with E-state index in [-0.39, 0.29) is 5.75 Å². The van der Waals surface area contributed by atoms with Crippen molar-refractivity contribution in [2.45, 2.75) is 6.92 Å². The Kier molecular flexibility index (Phi) is 2.70. The minimum atomic E-state index is -3.04. The Hall–Kier alpha value is -1.03. The summed E-state index contributed by atoms with van der Waals surface area (Å²) in [7, 11) is -3.04. The molecule has 0 saturated carbocycles. The number of rotatable bonds is 3. The molecule has 0 amide bonds. The van der Waals surface area contributed by atoms with Crippen molar-refractivity contribution in [1.82, 2.24) is 0 Å². The molecule has 1 heterocycles. The van der Waals surface area contributed by atoms with E-state index in [2.05, 4.69) is 0 Å². The van der Waals surface area contributed by atoms with Gasteiger partial charge in [0, 0.05) is 5.41 Å². The summed E-state index contributed by atoms with van der Waals surface area (Å²) in [5, 5.41) is 1.16. The predicted octanol–water partition coefficient (Wildman–Crippen LogP) is 1.69. The maximum Gasteiger partial charge on any atom is 0.171 e. The molecule has 0 bridgehead atoms. The van der Waals surface area contributed by atoms with Gasteiger partial charge < -0.3 is 4.42 Å². The van der Waals surface area contributed by atoms with E-state index < -0.39 is 9.84 Å². The fraction of sp³-hybridized carbons (Fsp3) is 0.250. The molecule has 0 fully saturated rings. The molecule has 1 aromatic heterocycles. The molecule has 12 heavy (non-hydrogen) atoms. The largest absolute Gasteiger partial charge is 0.465 e. The van der Waals surface area contributed by atoms with Crippen molar-refractivity contribution in [2.24, 2.45) is 0 Å². The van der Waals surface area contributed by atoms with Gasteiger partial charge in [0.2, 0.25) is 0 Å². The van der Waals surface area contributed by atoms with Gasteiger partial charge in [-0.05, 0) is 18.2 Å². The van der Waals surface area contributed by atoms with Crippen LogP contribution >= 0.6 is 0 Å². The lowest BCUT2D eigenvalue weighted by atomic mass is 10.5. The third kappa shape index (κ3) is 2.54. The van der Waals surface area contributed by atoms with E-state index in [4.69, 9.17) is 4.42 Å². The lowest BCUT2D eigenvalue weighted by Gasteiger charge is -1.88. The molecule has 4 heteroatoms. The van der Waals surface area contributed by atoms with Crippen molar-refractivity contribution >= 4 is 15.9 Å². The molecule has 1 aromatic rings. The van der Waals surface area contributed by atoms with Gasteiger partial charge in [-0.2, -0.15) is 0 Å². The maximum atomic E-state index is 11.0. The van der Waals surface area contributed by atoms with Crippen LogP contribution < -0.4 is 0 Å². The third-order valence-corrected chi connectivity index (χ3v) is 2.74. The Balaban J connectivity index is 2.76. The van der Waals surface area contributed by atoms with Crippen LogP contribution in [-0.4, -0.2) is 14.2 Å². The highest BCUT2D eigenvalue weighted by molar-refractivity contribution is 7.94. The second-order valence-corrected chi connectivity index (χ2v) is 4.44. The second-order valence-electron chi connectivity index (χ2n) is 2.27. The SMILES string of the molecule is CCS(=O)(=O)/C=C\c1ccco1. The van der Waals surface area contributed by atoms with Crippen LogP contribution in [0.2, 0.25) is 0 Å². The van der Waals surface area contributed by atoms with E-state index >= 15 is 0 Å². The molecule has 0 aliphatic carbocycles. The highest BCUT2D eigenvalue weighted by atomic mass is 32.2. The molecular formula is C8H10O3S. The minimum absolute atomic E-state index is 0.115. The molecule has 0 spiro atoms. The molecule has 0 radical (unpaired) electrons. The Morgan fingerprint density at radius 2 is 2.33 bits per heavy atom. The van der Waals surface area contributed by atoms with E-state index in [1.54, 1.807) is 19.1 Å². The number of hydrogen-bond acceptors (Lipinski definition) is 3. The van der Waals surface area contributed by atoms with Gasteiger partial charge in [0.25, 0.3) is 0 Å². The van der Waals surface area contributed by atoms with E-state index in [1.165, 1.54) is 12.3 Å². The molecule has 1 rings (SSSR count). The molecule has 0 aromatic carbocycles. The number of hydrogen-bond donors (Lipinski definition) is 0. The smallest absolute Gasteiger partial charge is 0.171 e. The Morgan fingerprint density at radius 3 is 2.83 bits per heavy atom. The van der Waals surface area contributed by atoms with Gasteiger partial charge in [-0.3, -0.25) is 0 Å². The fourth-order valence-electron chi connectivity index (χ4n) is 0.653. The Labute approximate surface area is 71.6 Å². The highest BCUT2D eigenvalue weighted by Crippen LogP contribution is 2.04. The van der Waals surface area contributed by atoms with Gasteiger partial charge in [0.15, 0.2) is 9.84 Å². The van der Waals surface area contributed by atoms with Crippen molar-refractivity contribution in [2.75, 3.05) is 5.75 Å². The molecular weight excluding hydrogens is 176 g/mol. The quantitative estimate of drug-likeness (QED) is 0.721. The molecule has 0 aliphatic rings. The molecule has 3 nitrogen and oxygen atoms in total. The van der Waals surface area contributed by atoms with Crippen LogP contribution in [0.3, 0.4) is 0 Å². The lowest BCUT2D eigenvalue weighted by molar-refractivity contribution is 0.557. The van der Waals surface area contributed by atoms with Gasteiger partial charge in [-0.1, -0.05) is 6.92 Å². The first-order chi connectivity index (χ1) is 5.64. The average Bonchev–Trinajstić information content (AvgIpc) is 2.53. The van der Waals surface area contributed by atoms with Crippen LogP contribution in [0.15, 0.2) is 28.2 Å². The van der Waals surface area contributed by atoms with Crippen LogP contribution in [0.25, 0.3) is 6.08 Å². The second kappa shape index (κ2) is 3.58. The standard InChI is InChI=1S/C8H10O3S/c1-2-12(9,10)7-5-8-4-3-6-11-8/h3-7H,2H2,1H3/b7-5-. The average molecular weight is 186 g/mol. The zero-order valence-corrected chi connectivity index (χ0v) is 7.54. The van der Waals surface area contributed by atoms with Crippen LogP contribution in [0.5, 0.6) is 0 Å². The minimum Gasteiger partial charge on any atom is -0.465 e. The first-order valence-corrected chi connectivity index (χ1v) is 5.30. The van der Waals surface area contributed by atoms with E-state index in [0.717, 1.165) is 5.41 Å². The zero-order chi connectivity index (χ0) is 9.03. The molecule has 0 unspecified atom stereocenters. The van der Waals surface area contributed by atoms with Crippen LogP contribution in [0.4, 0.5) is 0 Å². The van der Waals surface area contributed by atoms with Gasteiger partial charge >= 0.3 is 0 Å². The third-order valence-electron chi connectivity index (χ3n) is 1.39. The van der Waals surface area contributed by atoms with Crippen molar-refractivity contribution in [3.63, 3.8) is 0 Å². The van der Waals surface area contributed by atoms with Gasteiger partial charge in [-0.15, -0.1) is 0 Å². The fourth-order valence-corrected chi connectivity index (χ4v) is 1.19. The van der Waals surface area contributed by atoms with Crippen LogP contribution in [0, 0.1) is 0 Å². The zero-order valence-electron chi connectivity index (χ0n) is 6.73. The van der Waals surface area contributed by atoms with Gasteiger partial charge in [-0.25, -0.2) is 8.42 Å². The molecule has 66 valence electrons. The molecule has 0 atom stereocenters. The summed E-state index contributed by atoms with van der Waals surface area (Å²) >= 11 is 0. The summed E-state index contributed by atoms with van der Waals surface area (Å²) < 4.78 is 26.9. The number of sulfone groups is 1. The van der Waals surface area contributed by atoms with Crippen molar-refractivity contribution < 1.29 is 12.8 Å². The lowest BCUT2D eigenvalue weighted by Crippen LogP contribution is -1.96. The van der Waals surface area contributed by atoms with Crippen molar-refractivity contribution in [3.05, 3.63) is 29.6 Å². The monoisotopic (exact) mass is 186 g/mol. The summed E-state index contributed by atoms with van der Waals surface area (Å²) in [6.45, 7) is 1.60. The topological polar surface area (TPSA) is 47.3 Å². The summed E-state index contributed by atoms with van der Waals surface area (Å²) in [6.07, 6.45) is 2.94. The summed E-state index contributed by atoms with van der Waals surface area (Å²) in [6, 6.07) is 3.40. The van der Waals surface area contributed by atoms with Crippen molar-refractivity contribution in [1.29, 1.82) is 0 Å². The van der Waals surface area contributed by atoms with Crippen LogP contribution in [0.1, 0.15) is 12.7 Å². The molecule has 0 aliphatic heterocycles. The normalized spacial score (nSPS) is 12.4. The van der Waals surface area contributed by atoms with E-state index in [9.17, 15) is 8.42 Å². The first kappa shape index (κ1) is 9.06. The Morgan fingerprint density at radius 1 is 1.58 bits per heavy atom. The van der Waals surface area contributed by atoms with E-state index in [0.29, 0.717) is 5.76 Å². The molecule has 0 saturated heterocycles. The summed E-state index contributed by atoms with van der Waals surface area (Å²) in [5.41, 5.74) is 0. The van der Waals surface area contributed by atoms with Gasteiger partial charge in [0.05, 0.1) is 12.0 Å². The first-order valence-electron chi connectivity index (χ1n) is 3.58. The highest BCUT2D eigenvalue weighted by Gasteiger charge is 2.00. The predicted molar refractivity (Wildman–Crippen MR) is 47.2 cm³/mol. The van der Waals surface area contributed by atoms with Crippen LogP contribution in [-0.2, 0) is 9.84 Å². The van der Waals surface area contributed by atoms with Crippen molar-refractivity contribution in [3.8, 4) is 0 Å².